The summed E-state index contributed by atoms with van der Waals surface area (Å²) in [4.78, 5) is 5.80. The first-order chi connectivity index (χ1) is 9.80. The van der Waals surface area contributed by atoms with E-state index in [2.05, 4.69) is 53.9 Å². The number of aryl methyl sites for hydroxylation is 1. The zero-order chi connectivity index (χ0) is 15.6. The van der Waals surface area contributed by atoms with Crippen molar-refractivity contribution in [3.63, 3.8) is 0 Å². The maximum atomic E-state index is 14.0. The Morgan fingerprint density at radius 3 is 2.67 bits per heavy atom. The van der Waals surface area contributed by atoms with Crippen molar-refractivity contribution >= 4 is 27.3 Å². The third-order valence-corrected chi connectivity index (χ3v) is 4.68. The largest absolute Gasteiger partial charge is 0.307 e. The lowest BCUT2D eigenvalue weighted by Gasteiger charge is -2.20. The summed E-state index contributed by atoms with van der Waals surface area (Å²) < 4.78 is 14.9. The Hall–Kier alpha value is -0.780. The number of nitrogens with zero attached hydrogens (tertiary/aromatic N) is 1. The molecule has 0 spiro atoms. The summed E-state index contributed by atoms with van der Waals surface area (Å²) in [5.74, 6) is -0.232. The average molecular weight is 371 g/mol. The van der Waals surface area contributed by atoms with Gasteiger partial charge >= 0.3 is 0 Å². The SMILES string of the molecule is CCc1nc(-c2cc(Br)ccc2F)sc1CNC(C)(C)C. The lowest BCUT2D eigenvalue weighted by molar-refractivity contribution is 0.425. The Kier molecular flexibility index (Phi) is 5.17. The van der Waals surface area contributed by atoms with Crippen LogP contribution in [-0.4, -0.2) is 10.5 Å². The Morgan fingerprint density at radius 2 is 2.05 bits per heavy atom. The second-order valence-corrected chi connectivity index (χ2v) is 7.97. The highest BCUT2D eigenvalue weighted by molar-refractivity contribution is 9.10. The van der Waals surface area contributed by atoms with E-state index in [-0.39, 0.29) is 11.4 Å². The van der Waals surface area contributed by atoms with E-state index in [0.717, 1.165) is 28.1 Å². The number of hydrogen-bond donors (Lipinski definition) is 1. The highest BCUT2D eigenvalue weighted by Gasteiger charge is 2.16. The van der Waals surface area contributed by atoms with Gasteiger partial charge in [-0.2, -0.15) is 0 Å². The van der Waals surface area contributed by atoms with Crippen molar-refractivity contribution < 1.29 is 4.39 Å². The number of hydrogen-bond acceptors (Lipinski definition) is 3. The van der Waals surface area contributed by atoms with Crippen molar-refractivity contribution in [1.82, 2.24) is 10.3 Å². The topological polar surface area (TPSA) is 24.9 Å². The summed E-state index contributed by atoms with van der Waals surface area (Å²) in [5, 5.41) is 4.22. The molecule has 2 aromatic rings. The van der Waals surface area contributed by atoms with Crippen LogP contribution < -0.4 is 5.32 Å². The second-order valence-electron chi connectivity index (χ2n) is 5.97. The van der Waals surface area contributed by atoms with Gasteiger partial charge in [0.15, 0.2) is 0 Å². The number of rotatable bonds is 4. The molecule has 0 saturated heterocycles. The van der Waals surface area contributed by atoms with Crippen molar-refractivity contribution in [2.24, 2.45) is 0 Å². The minimum Gasteiger partial charge on any atom is -0.307 e. The molecule has 0 radical (unpaired) electrons. The van der Waals surface area contributed by atoms with Gasteiger partial charge in [0.05, 0.1) is 5.69 Å². The van der Waals surface area contributed by atoms with E-state index in [9.17, 15) is 4.39 Å². The van der Waals surface area contributed by atoms with E-state index in [4.69, 9.17) is 0 Å². The van der Waals surface area contributed by atoms with Crippen molar-refractivity contribution in [3.8, 4) is 10.6 Å². The standard InChI is InChI=1S/C16H20BrFN2S/c1-5-13-14(9-19-16(2,3)4)21-15(20-13)11-8-10(17)6-7-12(11)18/h6-8,19H,5,9H2,1-4H3. The fourth-order valence-corrected chi connectivity index (χ4v) is 3.39. The monoisotopic (exact) mass is 370 g/mol. The Morgan fingerprint density at radius 1 is 1.33 bits per heavy atom. The van der Waals surface area contributed by atoms with Crippen LogP contribution in [0.15, 0.2) is 22.7 Å². The quantitative estimate of drug-likeness (QED) is 0.803. The van der Waals surface area contributed by atoms with E-state index < -0.39 is 0 Å². The van der Waals surface area contributed by atoms with Gasteiger partial charge in [0.1, 0.15) is 10.8 Å². The summed E-state index contributed by atoms with van der Waals surface area (Å²) in [6.07, 6.45) is 0.854. The Bertz CT molecular complexity index is 632. The minimum absolute atomic E-state index is 0.0518. The zero-order valence-corrected chi connectivity index (χ0v) is 15.2. The first-order valence-corrected chi connectivity index (χ1v) is 8.60. The summed E-state index contributed by atoms with van der Waals surface area (Å²) in [5.41, 5.74) is 1.66. The van der Waals surface area contributed by atoms with Crippen LogP contribution in [-0.2, 0) is 13.0 Å². The second kappa shape index (κ2) is 6.55. The van der Waals surface area contributed by atoms with Crippen molar-refractivity contribution in [2.75, 3.05) is 0 Å². The molecule has 0 saturated carbocycles. The number of benzene rings is 1. The number of nitrogens with one attached hydrogen (secondary N) is 1. The van der Waals surface area contributed by atoms with Crippen molar-refractivity contribution in [1.29, 1.82) is 0 Å². The van der Waals surface area contributed by atoms with E-state index in [1.54, 1.807) is 23.5 Å². The average Bonchev–Trinajstić information content (AvgIpc) is 2.81. The summed E-state index contributed by atoms with van der Waals surface area (Å²) in [6, 6.07) is 4.96. The molecule has 2 nitrogen and oxygen atoms in total. The number of halogens is 2. The van der Waals surface area contributed by atoms with Crippen molar-refractivity contribution in [2.45, 2.75) is 46.2 Å². The van der Waals surface area contributed by atoms with Crippen LogP contribution in [0, 0.1) is 5.82 Å². The maximum absolute atomic E-state index is 14.0. The van der Waals surface area contributed by atoms with Crippen LogP contribution in [0.3, 0.4) is 0 Å². The maximum Gasteiger partial charge on any atom is 0.133 e. The molecule has 2 rings (SSSR count). The highest BCUT2D eigenvalue weighted by atomic mass is 79.9. The molecule has 0 aliphatic heterocycles. The van der Waals surface area contributed by atoms with Gasteiger partial charge in [0.25, 0.3) is 0 Å². The summed E-state index contributed by atoms with van der Waals surface area (Å²) in [7, 11) is 0. The van der Waals surface area contributed by atoms with Gasteiger partial charge < -0.3 is 5.32 Å². The van der Waals surface area contributed by atoms with Gasteiger partial charge in [0, 0.05) is 27.0 Å². The fraction of sp³-hybridized carbons (Fsp3) is 0.438. The molecular weight excluding hydrogens is 351 g/mol. The molecule has 0 aliphatic rings. The molecule has 1 aromatic heterocycles. The zero-order valence-electron chi connectivity index (χ0n) is 12.8. The molecule has 21 heavy (non-hydrogen) atoms. The lowest BCUT2D eigenvalue weighted by atomic mass is 10.1. The van der Waals surface area contributed by atoms with E-state index in [0.29, 0.717) is 5.56 Å². The Labute approximate surface area is 137 Å². The van der Waals surface area contributed by atoms with Gasteiger partial charge in [-0.15, -0.1) is 11.3 Å². The third-order valence-electron chi connectivity index (χ3n) is 3.05. The highest BCUT2D eigenvalue weighted by Crippen LogP contribution is 2.32. The number of thiazole rings is 1. The number of aromatic nitrogens is 1. The molecular formula is C16H20BrFN2S. The molecule has 0 fully saturated rings. The first kappa shape index (κ1) is 16.6. The predicted molar refractivity (Wildman–Crippen MR) is 91.2 cm³/mol. The molecule has 0 atom stereocenters. The molecule has 1 heterocycles. The molecule has 1 N–H and O–H groups in total. The summed E-state index contributed by atoms with van der Waals surface area (Å²) in [6.45, 7) is 9.24. The molecule has 0 bridgehead atoms. The van der Waals surface area contributed by atoms with E-state index in [1.807, 2.05) is 0 Å². The predicted octanol–water partition coefficient (Wildman–Crippen LogP) is 5.16. The van der Waals surface area contributed by atoms with Gasteiger partial charge in [-0.1, -0.05) is 22.9 Å². The fourth-order valence-electron chi connectivity index (χ4n) is 1.92. The summed E-state index contributed by atoms with van der Waals surface area (Å²) >= 11 is 4.96. The van der Waals surface area contributed by atoms with Crippen LogP contribution in [0.4, 0.5) is 4.39 Å². The van der Waals surface area contributed by atoms with Gasteiger partial charge in [-0.05, 0) is 45.4 Å². The molecule has 0 amide bonds. The van der Waals surface area contributed by atoms with Crippen LogP contribution in [0.5, 0.6) is 0 Å². The van der Waals surface area contributed by atoms with Crippen LogP contribution in [0.2, 0.25) is 0 Å². The van der Waals surface area contributed by atoms with E-state index >= 15 is 0 Å². The van der Waals surface area contributed by atoms with Gasteiger partial charge in [0.2, 0.25) is 0 Å². The normalized spacial score (nSPS) is 11.9. The van der Waals surface area contributed by atoms with Gasteiger partial charge in [-0.3, -0.25) is 0 Å². The molecule has 0 aliphatic carbocycles. The third kappa shape index (κ3) is 4.34. The molecule has 5 heteroatoms. The lowest BCUT2D eigenvalue weighted by Crippen LogP contribution is -2.35. The van der Waals surface area contributed by atoms with Crippen molar-refractivity contribution in [3.05, 3.63) is 39.1 Å². The molecule has 0 unspecified atom stereocenters. The smallest absolute Gasteiger partial charge is 0.133 e. The Balaban J connectivity index is 2.34. The first-order valence-electron chi connectivity index (χ1n) is 6.99. The van der Waals surface area contributed by atoms with E-state index in [1.165, 1.54) is 10.9 Å². The minimum atomic E-state index is -0.232. The molecule has 1 aromatic carbocycles. The van der Waals surface area contributed by atoms with Crippen LogP contribution >= 0.6 is 27.3 Å². The van der Waals surface area contributed by atoms with Gasteiger partial charge in [-0.25, -0.2) is 9.37 Å². The van der Waals surface area contributed by atoms with Crippen LogP contribution in [0.25, 0.3) is 10.6 Å². The van der Waals surface area contributed by atoms with Crippen LogP contribution in [0.1, 0.15) is 38.3 Å². The molecule has 114 valence electrons.